The molecule has 1 heterocycles. The van der Waals surface area contributed by atoms with E-state index in [0.717, 1.165) is 12.0 Å². The first-order valence-corrected chi connectivity index (χ1v) is 14.7. The van der Waals surface area contributed by atoms with E-state index in [1.807, 2.05) is 63.1 Å². The van der Waals surface area contributed by atoms with Gasteiger partial charge in [0.15, 0.2) is 11.9 Å². The third-order valence-corrected chi connectivity index (χ3v) is 8.24. The molecule has 2 unspecified atom stereocenters. The molecule has 0 bridgehead atoms. The molecule has 0 aliphatic carbocycles. The van der Waals surface area contributed by atoms with Gasteiger partial charge in [-0.3, -0.25) is 14.5 Å². The third kappa shape index (κ3) is 11.4. The molecule has 0 N–H and O–H groups in total. The van der Waals surface area contributed by atoms with Gasteiger partial charge >= 0.3 is 32.7 Å². The summed E-state index contributed by atoms with van der Waals surface area (Å²) in [6.45, 7) is 36.7. The Kier molecular flexibility index (Phi) is 17.0. The van der Waals surface area contributed by atoms with Crippen LogP contribution in [0.15, 0.2) is 30.3 Å². The molecule has 1 aliphatic heterocycles. The molecule has 0 aromatic heterocycles. The zero-order chi connectivity index (χ0) is 30.6. The van der Waals surface area contributed by atoms with E-state index in [9.17, 15) is 4.79 Å². The molecule has 5 nitrogen and oxygen atoms in total. The summed E-state index contributed by atoms with van der Waals surface area (Å²) < 4.78 is 0. The largest absolute Gasteiger partial charge is 3.00 e. The van der Waals surface area contributed by atoms with Gasteiger partial charge in [-0.05, 0) is 64.9 Å². The van der Waals surface area contributed by atoms with Gasteiger partial charge in [0, 0.05) is 17.5 Å². The second-order valence-corrected chi connectivity index (χ2v) is 14.6. The van der Waals surface area contributed by atoms with E-state index in [0.29, 0.717) is 17.8 Å². The first-order valence-electron chi connectivity index (χ1n) is 14.7. The summed E-state index contributed by atoms with van der Waals surface area (Å²) in [5.74, 6) is 0.661. The molecule has 2 atom stereocenters. The molecule has 1 aliphatic rings. The van der Waals surface area contributed by atoms with Crippen LogP contribution in [0, 0.1) is 32.1 Å². The van der Waals surface area contributed by atoms with Crippen LogP contribution in [0.3, 0.4) is 0 Å². The molecular formula is C35H63N2O3Y. The van der Waals surface area contributed by atoms with Crippen molar-refractivity contribution in [2.24, 2.45) is 11.3 Å². The van der Waals surface area contributed by atoms with Crippen molar-refractivity contribution in [1.29, 1.82) is 0 Å². The molecule has 0 amide bonds. The van der Waals surface area contributed by atoms with Crippen LogP contribution < -0.4 is 0 Å². The SMILES string of the molecule is CC(C)ON1C(C)(C)CC(C)(C)C(C)C1(C)C.[CH2-]C(C)(C)N(OC(C(=O)CC)c1ccccc1)C(C)(C)[CH-]C.[CH3-].[Y+3]. The molecule has 0 saturated carbocycles. The summed E-state index contributed by atoms with van der Waals surface area (Å²) in [5, 5.41) is 4.08. The number of ketones is 1. The molecule has 41 heavy (non-hydrogen) atoms. The summed E-state index contributed by atoms with van der Waals surface area (Å²) >= 11 is 0. The maximum atomic E-state index is 12.4. The predicted molar refractivity (Wildman–Crippen MR) is 171 cm³/mol. The molecule has 6 heteroatoms. The van der Waals surface area contributed by atoms with Crippen molar-refractivity contribution in [3.8, 4) is 0 Å². The molecule has 0 spiro atoms. The van der Waals surface area contributed by atoms with Crippen LogP contribution in [0.4, 0.5) is 0 Å². The van der Waals surface area contributed by atoms with Crippen LogP contribution >= 0.6 is 0 Å². The second kappa shape index (κ2) is 16.2. The standard InChI is InChI=1S/C19H29NO2.C15H31NO.CH3.Y/c1-8-16(21)17(15-13-11-10-12-14-15)22-20(18(3,4)5)19(6,7)9-2;1-11(2)17-16-14(6,7)10-13(4,5)12(3)15(16,8)9;;/h9-14,17H,3,8H2,1-2,4-7H3;11-12H,10H2,1-9H3;1H3;/q-2;;-1;+3. The number of piperidine rings is 1. The number of hydroxylamine groups is 4. The molecule has 234 valence electrons. The van der Waals surface area contributed by atoms with Crippen molar-refractivity contribution in [2.75, 3.05) is 0 Å². The van der Waals surface area contributed by atoms with Crippen molar-refractivity contribution in [3.05, 3.63) is 56.7 Å². The maximum absolute atomic E-state index is 12.4. The summed E-state index contributed by atoms with van der Waals surface area (Å²) in [6.07, 6.45) is 3.28. The predicted octanol–water partition coefficient (Wildman–Crippen LogP) is 9.26. The summed E-state index contributed by atoms with van der Waals surface area (Å²) in [5.41, 5.74) is 0.558. The van der Waals surface area contributed by atoms with E-state index in [1.165, 1.54) is 0 Å². The van der Waals surface area contributed by atoms with E-state index in [4.69, 9.17) is 9.68 Å². The zero-order valence-electron chi connectivity index (χ0n) is 29.5. The first-order chi connectivity index (χ1) is 17.5. The minimum absolute atomic E-state index is 0. The van der Waals surface area contributed by atoms with E-state index in [2.05, 4.69) is 94.6 Å². The zero-order valence-corrected chi connectivity index (χ0v) is 32.4. The summed E-state index contributed by atoms with van der Waals surface area (Å²) in [7, 11) is 0. The van der Waals surface area contributed by atoms with E-state index in [1.54, 1.807) is 0 Å². The van der Waals surface area contributed by atoms with Gasteiger partial charge in [-0.15, -0.1) is 0 Å². The van der Waals surface area contributed by atoms with Crippen molar-refractivity contribution in [2.45, 2.75) is 151 Å². The Morgan fingerprint density at radius 2 is 1.59 bits per heavy atom. The normalized spacial score (nSPS) is 20.8. The monoisotopic (exact) mass is 648 g/mol. The Labute approximate surface area is 280 Å². The van der Waals surface area contributed by atoms with Gasteiger partial charge in [-0.1, -0.05) is 96.8 Å². The van der Waals surface area contributed by atoms with Crippen LogP contribution in [-0.4, -0.2) is 44.2 Å². The van der Waals surface area contributed by atoms with E-state index < -0.39 is 11.6 Å². The van der Waals surface area contributed by atoms with Crippen molar-refractivity contribution in [1.82, 2.24) is 10.1 Å². The molecule has 1 saturated heterocycles. The number of Topliss-reactive ketones (excluding diaryl/α,β-unsaturated/α-hetero) is 1. The average molecular weight is 649 g/mol. The van der Waals surface area contributed by atoms with E-state index in [-0.39, 0.29) is 68.6 Å². The molecule has 1 aromatic carbocycles. The molecule has 1 aromatic rings. The Balaban J connectivity index is 0. The molecule has 2 rings (SSSR count). The smallest absolute Gasteiger partial charge is 0.358 e. The maximum Gasteiger partial charge on any atom is 3.00 e. The van der Waals surface area contributed by atoms with Gasteiger partial charge in [-0.25, -0.2) is 5.06 Å². The summed E-state index contributed by atoms with van der Waals surface area (Å²) in [6, 6.07) is 9.63. The summed E-state index contributed by atoms with van der Waals surface area (Å²) in [4.78, 5) is 24.7. The van der Waals surface area contributed by atoms with Crippen LogP contribution in [0.25, 0.3) is 0 Å². The van der Waals surface area contributed by atoms with E-state index >= 15 is 0 Å². The Morgan fingerprint density at radius 1 is 1.10 bits per heavy atom. The Morgan fingerprint density at radius 3 is 1.98 bits per heavy atom. The van der Waals surface area contributed by atoms with Crippen molar-refractivity contribution < 1.29 is 47.2 Å². The van der Waals surface area contributed by atoms with Gasteiger partial charge in [0.2, 0.25) is 0 Å². The van der Waals surface area contributed by atoms with Crippen LogP contribution in [-0.2, 0) is 47.2 Å². The van der Waals surface area contributed by atoms with Gasteiger partial charge in [0.25, 0.3) is 0 Å². The fourth-order valence-electron chi connectivity index (χ4n) is 6.14. The fourth-order valence-corrected chi connectivity index (χ4v) is 6.14. The Bertz CT molecular complexity index is 904. The number of hydrogen-bond acceptors (Lipinski definition) is 5. The van der Waals surface area contributed by atoms with Crippen LogP contribution in [0.5, 0.6) is 0 Å². The second-order valence-electron chi connectivity index (χ2n) is 14.6. The third-order valence-electron chi connectivity index (χ3n) is 8.24. The van der Waals surface area contributed by atoms with Gasteiger partial charge < -0.3 is 20.8 Å². The van der Waals surface area contributed by atoms with Crippen molar-refractivity contribution in [3.63, 3.8) is 0 Å². The first kappa shape index (κ1) is 43.0. The fraction of sp³-hybridized carbons (Fsp3) is 0.714. The molecular weight excluding hydrogens is 585 g/mol. The molecule has 1 fully saturated rings. The minimum Gasteiger partial charge on any atom is -0.358 e. The van der Waals surface area contributed by atoms with Gasteiger partial charge in [0.05, 0.1) is 6.10 Å². The number of nitrogens with zero attached hydrogens (tertiary/aromatic N) is 2. The van der Waals surface area contributed by atoms with Gasteiger partial charge in [-0.2, -0.15) is 12.0 Å². The van der Waals surface area contributed by atoms with Crippen LogP contribution in [0.2, 0.25) is 0 Å². The van der Waals surface area contributed by atoms with Crippen LogP contribution in [0.1, 0.15) is 128 Å². The number of rotatable bonds is 10. The number of hydrogen-bond donors (Lipinski definition) is 0. The topological polar surface area (TPSA) is 42.0 Å². The van der Waals surface area contributed by atoms with Crippen molar-refractivity contribution >= 4 is 5.78 Å². The number of carbonyl (C=O) groups excluding carboxylic acids is 1. The number of benzene rings is 1. The number of carbonyl (C=O) groups is 1. The molecule has 0 radical (unpaired) electrons. The quantitative estimate of drug-likeness (QED) is 0.187. The van der Waals surface area contributed by atoms with Gasteiger partial charge in [0.1, 0.15) is 0 Å². The average Bonchev–Trinajstić information content (AvgIpc) is 2.80. The Hall–Kier alpha value is -0.166. The minimum atomic E-state index is -0.605.